The van der Waals surface area contributed by atoms with Crippen LogP contribution in [0.2, 0.25) is 0 Å². The third kappa shape index (κ3) is 4.45. The smallest absolute Gasteiger partial charge is 0.0360 e. The van der Waals surface area contributed by atoms with Crippen LogP contribution < -0.4 is 5.32 Å². The van der Waals surface area contributed by atoms with Crippen LogP contribution in [0.5, 0.6) is 0 Å². The van der Waals surface area contributed by atoms with Crippen molar-refractivity contribution in [2.45, 2.75) is 27.3 Å². The molecule has 0 spiro atoms. The predicted molar refractivity (Wildman–Crippen MR) is 69.1 cm³/mol. The standard InChI is InChI=1S/C11H19NOS2/c1-4-15(13)6-5-12-8-11-7-9(2)14-10(11)3/h7,12H,4-6,8H2,1-3H3. The summed E-state index contributed by atoms with van der Waals surface area (Å²) in [5.74, 6) is 1.52. The molecule has 0 bridgehead atoms. The summed E-state index contributed by atoms with van der Waals surface area (Å²) in [5.41, 5.74) is 1.37. The second-order valence-electron chi connectivity index (χ2n) is 3.55. The van der Waals surface area contributed by atoms with Gasteiger partial charge in [-0.2, -0.15) is 0 Å². The molecule has 1 unspecified atom stereocenters. The van der Waals surface area contributed by atoms with E-state index in [1.807, 2.05) is 18.3 Å². The van der Waals surface area contributed by atoms with Crippen LogP contribution in [0.15, 0.2) is 6.07 Å². The molecule has 1 aromatic rings. The number of aryl methyl sites for hydroxylation is 2. The highest BCUT2D eigenvalue weighted by Gasteiger charge is 2.02. The molecule has 1 heterocycles. The monoisotopic (exact) mass is 245 g/mol. The van der Waals surface area contributed by atoms with E-state index in [-0.39, 0.29) is 0 Å². The van der Waals surface area contributed by atoms with Crippen LogP contribution in [0.1, 0.15) is 22.2 Å². The van der Waals surface area contributed by atoms with Gasteiger partial charge in [0.05, 0.1) is 0 Å². The maximum Gasteiger partial charge on any atom is 0.0360 e. The van der Waals surface area contributed by atoms with Crippen LogP contribution >= 0.6 is 11.3 Å². The van der Waals surface area contributed by atoms with Crippen LogP contribution in [0.3, 0.4) is 0 Å². The fraction of sp³-hybridized carbons (Fsp3) is 0.636. The van der Waals surface area contributed by atoms with E-state index in [1.54, 1.807) is 0 Å². The van der Waals surface area contributed by atoms with Crippen LogP contribution in [0.4, 0.5) is 0 Å². The van der Waals surface area contributed by atoms with Crippen molar-refractivity contribution in [2.75, 3.05) is 18.1 Å². The maximum atomic E-state index is 11.2. The van der Waals surface area contributed by atoms with E-state index in [0.29, 0.717) is 0 Å². The Labute approximate surface area is 98.6 Å². The summed E-state index contributed by atoms with van der Waals surface area (Å²) in [4.78, 5) is 2.75. The Morgan fingerprint density at radius 2 is 2.20 bits per heavy atom. The van der Waals surface area contributed by atoms with Crippen LogP contribution in [-0.4, -0.2) is 22.3 Å². The molecule has 0 aliphatic rings. The maximum absolute atomic E-state index is 11.2. The van der Waals surface area contributed by atoms with Crippen molar-refractivity contribution in [3.8, 4) is 0 Å². The first kappa shape index (κ1) is 12.9. The first-order valence-corrected chi connectivity index (χ1v) is 7.55. The minimum Gasteiger partial charge on any atom is -0.312 e. The molecule has 1 rings (SSSR count). The molecular weight excluding hydrogens is 226 g/mol. The number of hydrogen-bond donors (Lipinski definition) is 1. The zero-order chi connectivity index (χ0) is 11.3. The third-order valence-corrected chi connectivity index (χ3v) is 4.60. The Kier molecular flexibility index (Phi) is 5.50. The molecule has 0 aliphatic heterocycles. The largest absolute Gasteiger partial charge is 0.312 e. The van der Waals surface area contributed by atoms with Crippen molar-refractivity contribution < 1.29 is 4.21 Å². The van der Waals surface area contributed by atoms with Gasteiger partial charge >= 0.3 is 0 Å². The Hall–Kier alpha value is -0.190. The Balaban J connectivity index is 2.26. The van der Waals surface area contributed by atoms with E-state index in [1.165, 1.54) is 15.3 Å². The van der Waals surface area contributed by atoms with E-state index in [4.69, 9.17) is 0 Å². The van der Waals surface area contributed by atoms with Crippen molar-refractivity contribution in [3.05, 3.63) is 21.4 Å². The van der Waals surface area contributed by atoms with Gasteiger partial charge in [0.1, 0.15) is 0 Å². The molecule has 0 amide bonds. The van der Waals surface area contributed by atoms with Gasteiger partial charge in [0.2, 0.25) is 0 Å². The van der Waals surface area contributed by atoms with Gasteiger partial charge in [-0.05, 0) is 25.5 Å². The molecule has 15 heavy (non-hydrogen) atoms. The Bertz CT molecular complexity index is 333. The number of thiophene rings is 1. The molecule has 0 saturated carbocycles. The van der Waals surface area contributed by atoms with Crippen molar-refractivity contribution in [3.63, 3.8) is 0 Å². The van der Waals surface area contributed by atoms with Gasteiger partial charge < -0.3 is 5.32 Å². The predicted octanol–water partition coefficient (Wildman–Crippen LogP) is 2.22. The molecule has 0 aromatic carbocycles. The van der Waals surface area contributed by atoms with Gasteiger partial charge in [0, 0.05) is 45.1 Å². The zero-order valence-electron chi connectivity index (χ0n) is 9.63. The summed E-state index contributed by atoms with van der Waals surface area (Å²) in [7, 11) is -0.645. The fourth-order valence-corrected chi connectivity index (χ4v) is 3.02. The number of nitrogens with one attached hydrogen (secondary N) is 1. The highest BCUT2D eigenvalue weighted by molar-refractivity contribution is 7.84. The Morgan fingerprint density at radius 3 is 2.73 bits per heavy atom. The molecule has 1 N–H and O–H groups in total. The minimum atomic E-state index is -0.645. The van der Waals surface area contributed by atoms with E-state index in [0.717, 1.165) is 24.6 Å². The van der Waals surface area contributed by atoms with Crippen molar-refractivity contribution in [1.29, 1.82) is 0 Å². The first-order chi connectivity index (χ1) is 7.13. The van der Waals surface area contributed by atoms with E-state index in [2.05, 4.69) is 25.2 Å². The molecule has 0 radical (unpaired) electrons. The molecular formula is C11H19NOS2. The second-order valence-corrected chi connectivity index (χ2v) is 6.87. The summed E-state index contributed by atoms with van der Waals surface area (Å²) < 4.78 is 11.2. The second kappa shape index (κ2) is 6.40. The highest BCUT2D eigenvalue weighted by atomic mass is 32.2. The van der Waals surface area contributed by atoms with E-state index >= 15 is 0 Å². The van der Waals surface area contributed by atoms with E-state index in [9.17, 15) is 4.21 Å². The molecule has 1 atom stereocenters. The number of rotatable bonds is 6. The molecule has 0 aliphatic carbocycles. The molecule has 2 nitrogen and oxygen atoms in total. The van der Waals surface area contributed by atoms with Gasteiger partial charge in [0.25, 0.3) is 0 Å². The molecule has 1 aromatic heterocycles. The zero-order valence-corrected chi connectivity index (χ0v) is 11.3. The van der Waals surface area contributed by atoms with Crippen molar-refractivity contribution in [1.82, 2.24) is 5.32 Å². The van der Waals surface area contributed by atoms with Gasteiger partial charge in [-0.1, -0.05) is 6.92 Å². The van der Waals surface area contributed by atoms with Crippen molar-refractivity contribution in [2.24, 2.45) is 0 Å². The van der Waals surface area contributed by atoms with Crippen LogP contribution in [0, 0.1) is 13.8 Å². The molecule has 4 heteroatoms. The summed E-state index contributed by atoms with van der Waals surface area (Å²) >= 11 is 1.84. The Morgan fingerprint density at radius 1 is 1.47 bits per heavy atom. The average Bonchev–Trinajstić information content (AvgIpc) is 2.52. The lowest BCUT2D eigenvalue weighted by atomic mass is 10.2. The summed E-state index contributed by atoms with van der Waals surface area (Å²) in [6.07, 6.45) is 0. The third-order valence-electron chi connectivity index (χ3n) is 2.29. The molecule has 0 fully saturated rings. The lowest BCUT2D eigenvalue weighted by Gasteiger charge is -2.03. The normalized spacial score (nSPS) is 13.0. The quantitative estimate of drug-likeness (QED) is 0.779. The van der Waals surface area contributed by atoms with Crippen molar-refractivity contribution >= 4 is 22.1 Å². The summed E-state index contributed by atoms with van der Waals surface area (Å²) in [5, 5.41) is 3.33. The van der Waals surface area contributed by atoms with E-state index < -0.39 is 10.8 Å². The van der Waals surface area contributed by atoms with Crippen LogP contribution in [-0.2, 0) is 17.3 Å². The SMILES string of the molecule is CCS(=O)CCNCc1cc(C)sc1C. The van der Waals surface area contributed by atoms with Crippen LogP contribution in [0.25, 0.3) is 0 Å². The summed E-state index contributed by atoms with van der Waals surface area (Å²) in [6.45, 7) is 7.99. The van der Waals surface area contributed by atoms with Gasteiger partial charge in [0.15, 0.2) is 0 Å². The minimum absolute atomic E-state index is 0.645. The highest BCUT2D eigenvalue weighted by Crippen LogP contribution is 2.19. The lowest BCUT2D eigenvalue weighted by molar-refractivity contribution is 0.673. The number of hydrogen-bond acceptors (Lipinski definition) is 3. The molecule has 0 saturated heterocycles. The summed E-state index contributed by atoms with van der Waals surface area (Å²) in [6, 6.07) is 2.23. The van der Waals surface area contributed by atoms with Gasteiger partial charge in [-0.3, -0.25) is 4.21 Å². The van der Waals surface area contributed by atoms with Gasteiger partial charge in [-0.25, -0.2) is 0 Å². The topological polar surface area (TPSA) is 29.1 Å². The molecule has 86 valence electrons. The van der Waals surface area contributed by atoms with Gasteiger partial charge in [-0.15, -0.1) is 11.3 Å². The average molecular weight is 245 g/mol. The lowest BCUT2D eigenvalue weighted by Crippen LogP contribution is -2.20. The fourth-order valence-electron chi connectivity index (χ4n) is 1.41. The first-order valence-electron chi connectivity index (χ1n) is 5.25.